The average Bonchev–Trinajstić information content (AvgIpc) is 2.89. The van der Waals surface area contributed by atoms with Gasteiger partial charge in [-0.25, -0.2) is 9.37 Å². The molecule has 1 fully saturated rings. The van der Waals surface area contributed by atoms with Gasteiger partial charge < -0.3 is 9.80 Å². The van der Waals surface area contributed by atoms with E-state index in [0.29, 0.717) is 0 Å². The Bertz CT molecular complexity index is 561. The second-order valence-electron chi connectivity index (χ2n) is 4.82. The van der Waals surface area contributed by atoms with Crippen LogP contribution >= 0.6 is 11.3 Å². The maximum Gasteiger partial charge on any atom is 0.185 e. The summed E-state index contributed by atoms with van der Waals surface area (Å²) in [5.74, 6) is -0.216. The first-order chi connectivity index (χ1) is 9.22. The highest BCUT2D eigenvalue weighted by Crippen LogP contribution is 2.28. The highest BCUT2D eigenvalue weighted by Gasteiger charge is 2.17. The van der Waals surface area contributed by atoms with Gasteiger partial charge in [0.05, 0.1) is 5.69 Å². The Balaban J connectivity index is 1.80. The van der Waals surface area contributed by atoms with Crippen LogP contribution in [0.3, 0.4) is 0 Å². The molecular weight excluding hydrogens is 261 g/mol. The quantitative estimate of drug-likeness (QED) is 0.841. The number of benzene rings is 1. The molecule has 3 rings (SSSR count). The van der Waals surface area contributed by atoms with Crippen molar-refractivity contribution in [2.75, 3.05) is 38.1 Å². The van der Waals surface area contributed by atoms with Crippen LogP contribution in [-0.2, 0) is 0 Å². The number of halogens is 1. The van der Waals surface area contributed by atoms with Crippen LogP contribution in [0.4, 0.5) is 9.52 Å². The molecule has 19 heavy (non-hydrogen) atoms. The number of anilines is 1. The number of likely N-dealkylation sites (N-methyl/N-ethyl adjacent to an activating group) is 1. The lowest BCUT2D eigenvalue weighted by Gasteiger charge is -2.32. The molecule has 0 unspecified atom stereocenters. The van der Waals surface area contributed by atoms with Gasteiger partial charge in [-0.05, 0) is 19.2 Å². The molecule has 0 radical (unpaired) electrons. The Kier molecular flexibility index (Phi) is 3.48. The van der Waals surface area contributed by atoms with Crippen LogP contribution in [-0.4, -0.2) is 43.1 Å². The fraction of sp³-hybridized carbons (Fsp3) is 0.357. The zero-order valence-electron chi connectivity index (χ0n) is 10.8. The molecule has 1 aromatic carbocycles. The van der Waals surface area contributed by atoms with Crippen LogP contribution in [0, 0.1) is 5.82 Å². The minimum absolute atomic E-state index is 0.216. The third-order valence-electron chi connectivity index (χ3n) is 3.39. The smallest absolute Gasteiger partial charge is 0.185 e. The molecule has 0 bridgehead atoms. The van der Waals surface area contributed by atoms with E-state index in [2.05, 4.69) is 21.8 Å². The third-order valence-corrected chi connectivity index (χ3v) is 4.29. The van der Waals surface area contributed by atoms with E-state index in [9.17, 15) is 4.39 Å². The molecule has 0 N–H and O–H groups in total. The van der Waals surface area contributed by atoms with E-state index in [1.165, 1.54) is 12.1 Å². The largest absolute Gasteiger partial charge is 0.346 e. The number of hydrogen-bond donors (Lipinski definition) is 0. The summed E-state index contributed by atoms with van der Waals surface area (Å²) >= 11 is 1.63. The number of nitrogens with zero attached hydrogens (tertiary/aromatic N) is 3. The summed E-state index contributed by atoms with van der Waals surface area (Å²) in [6.45, 7) is 4.14. The average molecular weight is 277 g/mol. The second-order valence-corrected chi connectivity index (χ2v) is 5.65. The summed E-state index contributed by atoms with van der Waals surface area (Å²) in [5.41, 5.74) is 1.70. The molecule has 3 nitrogen and oxygen atoms in total. The number of rotatable bonds is 2. The van der Waals surface area contributed by atoms with Crippen molar-refractivity contribution in [3.8, 4) is 11.3 Å². The molecule has 0 saturated carbocycles. The molecule has 1 aliphatic heterocycles. The molecule has 0 spiro atoms. The number of piperazine rings is 1. The molecule has 0 atom stereocenters. The molecule has 0 aliphatic carbocycles. The molecule has 1 aromatic heterocycles. The molecule has 0 amide bonds. The van der Waals surface area contributed by atoms with Gasteiger partial charge in [0.1, 0.15) is 5.82 Å². The number of aromatic nitrogens is 1. The van der Waals surface area contributed by atoms with Gasteiger partial charge in [0, 0.05) is 37.1 Å². The minimum atomic E-state index is -0.216. The summed E-state index contributed by atoms with van der Waals surface area (Å²) in [7, 11) is 2.14. The van der Waals surface area contributed by atoms with Gasteiger partial charge in [-0.15, -0.1) is 11.3 Å². The predicted molar refractivity (Wildman–Crippen MR) is 77.2 cm³/mol. The Morgan fingerprint density at radius 1 is 1.21 bits per heavy atom. The molecular formula is C14H16FN3S. The Morgan fingerprint density at radius 3 is 2.74 bits per heavy atom. The first-order valence-electron chi connectivity index (χ1n) is 6.37. The summed E-state index contributed by atoms with van der Waals surface area (Å²) in [5, 5.41) is 3.04. The summed E-state index contributed by atoms with van der Waals surface area (Å²) in [6.07, 6.45) is 0. The summed E-state index contributed by atoms with van der Waals surface area (Å²) in [4.78, 5) is 9.25. The van der Waals surface area contributed by atoms with Crippen molar-refractivity contribution < 1.29 is 4.39 Å². The summed E-state index contributed by atoms with van der Waals surface area (Å²) in [6, 6.07) is 6.60. The highest BCUT2D eigenvalue weighted by molar-refractivity contribution is 7.14. The Hall–Kier alpha value is -1.46. The van der Waals surface area contributed by atoms with Crippen molar-refractivity contribution in [3.05, 3.63) is 35.5 Å². The third kappa shape index (κ3) is 2.77. The van der Waals surface area contributed by atoms with E-state index in [1.807, 2.05) is 11.4 Å². The van der Waals surface area contributed by atoms with Crippen molar-refractivity contribution in [2.45, 2.75) is 0 Å². The minimum Gasteiger partial charge on any atom is -0.346 e. The standard InChI is InChI=1S/C14H16FN3S/c1-17-5-7-18(8-6-17)14-16-13(10-19-14)11-3-2-4-12(15)9-11/h2-4,9-10H,5-8H2,1H3. The van der Waals surface area contributed by atoms with Crippen molar-refractivity contribution in [1.29, 1.82) is 0 Å². The fourth-order valence-corrected chi connectivity index (χ4v) is 3.08. The van der Waals surface area contributed by atoms with Crippen LogP contribution in [0.15, 0.2) is 29.6 Å². The van der Waals surface area contributed by atoms with Gasteiger partial charge >= 0.3 is 0 Å². The van der Waals surface area contributed by atoms with E-state index < -0.39 is 0 Å². The molecule has 5 heteroatoms. The van der Waals surface area contributed by atoms with Gasteiger partial charge in [-0.1, -0.05) is 12.1 Å². The van der Waals surface area contributed by atoms with Gasteiger partial charge in [-0.3, -0.25) is 0 Å². The Labute approximate surface area is 116 Å². The van der Waals surface area contributed by atoms with E-state index in [4.69, 9.17) is 0 Å². The zero-order valence-corrected chi connectivity index (χ0v) is 11.7. The number of thiazole rings is 1. The normalized spacial score (nSPS) is 16.8. The van der Waals surface area contributed by atoms with E-state index in [0.717, 1.165) is 42.6 Å². The second kappa shape index (κ2) is 5.27. The first-order valence-corrected chi connectivity index (χ1v) is 7.25. The van der Waals surface area contributed by atoms with Crippen LogP contribution in [0.25, 0.3) is 11.3 Å². The fourth-order valence-electron chi connectivity index (χ4n) is 2.19. The van der Waals surface area contributed by atoms with Gasteiger partial charge in [0.25, 0.3) is 0 Å². The maximum atomic E-state index is 13.2. The molecule has 1 saturated heterocycles. The van der Waals surface area contributed by atoms with E-state index in [-0.39, 0.29) is 5.82 Å². The maximum absolute atomic E-state index is 13.2. The van der Waals surface area contributed by atoms with E-state index >= 15 is 0 Å². The monoisotopic (exact) mass is 277 g/mol. The van der Waals surface area contributed by atoms with Crippen LogP contribution in [0.2, 0.25) is 0 Å². The van der Waals surface area contributed by atoms with Crippen molar-refractivity contribution in [2.24, 2.45) is 0 Å². The van der Waals surface area contributed by atoms with Crippen LogP contribution in [0.1, 0.15) is 0 Å². The van der Waals surface area contributed by atoms with Gasteiger partial charge in [-0.2, -0.15) is 0 Å². The molecule has 1 aliphatic rings. The van der Waals surface area contributed by atoms with E-state index in [1.54, 1.807) is 17.4 Å². The van der Waals surface area contributed by atoms with Gasteiger partial charge in [0.2, 0.25) is 0 Å². The first kappa shape index (κ1) is 12.6. The molecule has 100 valence electrons. The molecule has 2 aromatic rings. The predicted octanol–water partition coefficient (Wildman–Crippen LogP) is 2.70. The molecule has 2 heterocycles. The SMILES string of the molecule is CN1CCN(c2nc(-c3cccc(F)c3)cs2)CC1. The lowest BCUT2D eigenvalue weighted by atomic mass is 10.2. The lowest BCUT2D eigenvalue weighted by Crippen LogP contribution is -2.44. The van der Waals surface area contributed by atoms with Crippen molar-refractivity contribution in [1.82, 2.24) is 9.88 Å². The topological polar surface area (TPSA) is 19.4 Å². The van der Waals surface area contributed by atoms with Crippen LogP contribution in [0.5, 0.6) is 0 Å². The lowest BCUT2D eigenvalue weighted by molar-refractivity contribution is 0.313. The Morgan fingerprint density at radius 2 is 2.00 bits per heavy atom. The van der Waals surface area contributed by atoms with Gasteiger partial charge in [0.15, 0.2) is 5.13 Å². The number of hydrogen-bond acceptors (Lipinski definition) is 4. The summed E-state index contributed by atoms with van der Waals surface area (Å²) < 4.78 is 13.2. The highest BCUT2D eigenvalue weighted by atomic mass is 32.1. The zero-order chi connectivity index (χ0) is 13.2. The van der Waals surface area contributed by atoms with Crippen molar-refractivity contribution in [3.63, 3.8) is 0 Å². The van der Waals surface area contributed by atoms with Crippen LogP contribution < -0.4 is 4.90 Å². The van der Waals surface area contributed by atoms with Crippen molar-refractivity contribution >= 4 is 16.5 Å².